The van der Waals surface area contributed by atoms with E-state index in [0.29, 0.717) is 12.3 Å². The number of hydrogen-bond acceptors (Lipinski definition) is 3. The number of amides is 1. The van der Waals surface area contributed by atoms with Crippen LogP contribution in [0.25, 0.3) is 0 Å². The smallest absolute Gasteiger partial charge is 0.410 e. The van der Waals surface area contributed by atoms with Crippen LogP contribution in [0, 0.1) is 0 Å². The fraction of sp³-hybridized carbons (Fsp3) is 0.500. The normalized spacial score (nSPS) is 17.4. The van der Waals surface area contributed by atoms with Crippen LogP contribution in [0.3, 0.4) is 0 Å². The maximum absolute atomic E-state index is 11.8. The molecule has 0 aliphatic heterocycles. The first-order valence-corrected chi connectivity index (χ1v) is 6.29. The van der Waals surface area contributed by atoms with E-state index in [-0.39, 0.29) is 0 Å². The molecule has 0 aromatic heterocycles. The molecule has 1 saturated carbocycles. The summed E-state index contributed by atoms with van der Waals surface area (Å²) in [5.41, 5.74) is -0.732. The second-order valence-corrected chi connectivity index (χ2v) is 4.97. The molecule has 2 rings (SSSR count). The van der Waals surface area contributed by atoms with Gasteiger partial charge in [-0.3, -0.25) is 0 Å². The van der Waals surface area contributed by atoms with Crippen molar-refractivity contribution >= 4 is 6.09 Å². The number of carbonyl (C=O) groups is 1. The van der Waals surface area contributed by atoms with Gasteiger partial charge in [-0.1, -0.05) is 31.0 Å². The van der Waals surface area contributed by atoms with Crippen LogP contribution in [0.15, 0.2) is 30.3 Å². The van der Waals surface area contributed by atoms with E-state index in [0.717, 1.165) is 25.7 Å². The van der Waals surface area contributed by atoms with Gasteiger partial charge < -0.3 is 14.7 Å². The molecule has 1 fully saturated rings. The Morgan fingerprint density at radius 3 is 2.56 bits per heavy atom. The van der Waals surface area contributed by atoms with Crippen molar-refractivity contribution in [2.45, 2.75) is 31.3 Å². The molecule has 1 aliphatic rings. The van der Waals surface area contributed by atoms with Crippen molar-refractivity contribution in [1.82, 2.24) is 4.90 Å². The van der Waals surface area contributed by atoms with Crippen LogP contribution in [-0.4, -0.2) is 35.3 Å². The summed E-state index contributed by atoms with van der Waals surface area (Å²) in [5.74, 6) is 0.521. The van der Waals surface area contributed by atoms with E-state index < -0.39 is 11.7 Å². The van der Waals surface area contributed by atoms with Gasteiger partial charge >= 0.3 is 6.09 Å². The second-order valence-electron chi connectivity index (χ2n) is 4.97. The van der Waals surface area contributed by atoms with E-state index in [9.17, 15) is 9.90 Å². The average Bonchev–Trinajstić information content (AvgIpc) is 2.77. The van der Waals surface area contributed by atoms with E-state index >= 15 is 0 Å². The number of ether oxygens (including phenoxy) is 1. The lowest BCUT2D eigenvalue weighted by molar-refractivity contribution is 0.0195. The number of para-hydroxylation sites is 1. The highest BCUT2D eigenvalue weighted by Gasteiger charge is 2.33. The predicted molar refractivity (Wildman–Crippen MR) is 68.5 cm³/mol. The third-order valence-electron chi connectivity index (χ3n) is 3.33. The van der Waals surface area contributed by atoms with Gasteiger partial charge in [0, 0.05) is 7.05 Å². The summed E-state index contributed by atoms with van der Waals surface area (Å²) in [4.78, 5) is 13.3. The van der Waals surface area contributed by atoms with Crippen LogP contribution in [0.5, 0.6) is 5.75 Å². The molecule has 1 aromatic carbocycles. The molecule has 0 unspecified atom stereocenters. The van der Waals surface area contributed by atoms with Crippen LogP contribution in [0.2, 0.25) is 0 Å². The molecule has 4 nitrogen and oxygen atoms in total. The van der Waals surface area contributed by atoms with Crippen LogP contribution in [0.1, 0.15) is 25.7 Å². The summed E-state index contributed by atoms with van der Waals surface area (Å²) in [7, 11) is 1.65. The van der Waals surface area contributed by atoms with Gasteiger partial charge in [-0.2, -0.15) is 0 Å². The standard InChI is InChI=1S/C14H19NO3/c1-15(11-14(17)9-5-6-10-14)13(16)18-12-7-3-2-4-8-12/h2-4,7-8,17H,5-6,9-11H2,1H3. The van der Waals surface area contributed by atoms with Crippen LogP contribution >= 0.6 is 0 Å². The Kier molecular flexibility index (Phi) is 3.87. The van der Waals surface area contributed by atoms with Gasteiger partial charge in [0.25, 0.3) is 0 Å². The van der Waals surface area contributed by atoms with Crippen molar-refractivity contribution in [3.05, 3.63) is 30.3 Å². The number of carbonyl (C=O) groups excluding carboxylic acids is 1. The molecule has 1 aliphatic carbocycles. The molecule has 98 valence electrons. The van der Waals surface area contributed by atoms with Crippen molar-refractivity contribution in [3.8, 4) is 5.75 Å². The highest BCUT2D eigenvalue weighted by molar-refractivity contribution is 5.70. The van der Waals surface area contributed by atoms with Crippen molar-refractivity contribution < 1.29 is 14.6 Å². The quantitative estimate of drug-likeness (QED) is 0.895. The van der Waals surface area contributed by atoms with Gasteiger partial charge in [0.15, 0.2) is 0 Å². The highest BCUT2D eigenvalue weighted by Crippen LogP contribution is 2.30. The molecule has 0 spiro atoms. The number of hydrogen-bond donors (Lipinski definition) is 1. The summed E-state index contributed by atoms with van der Waals surface area (Å²) in [6, 6.07) is 8.95. The van der Waals surface area contributed by atoms with Crippen molar-refractivity contribution in [2.24, 2.45) is 0 Å². The van der Waals surface area contributed by atoms with Gasteiger partial charge in [0.2, 0.25) is 0 Å². The molecule has 1 aromatic rings. The molecule has 0 saturated heterocycles. The minimum absolute atomic E-state index is 0.332. The molecular formula is C14H19NO3. The van der Waals surface area contributed by atoms with Crippen molar-refractivity contribution in [2.75, 3.05) is 13.6 Å². The monoisotopic (exact) mass is 249 g/mol. The summed E-state index contributed by atoms with van der Waals surface area (Å²) in [6.45, 7) is 0.332. The first kappa shape index (κ1) is 12.9. The Bertz CT molecular complexity index is 399. The molecule has 18 heavy (non-hydrogen) atoms. The third kappa shape index (κ3) is 3.23. The zero-order chi connectivity index (χ0) is 13.0. The number of likely N-dealkylation sites (N-methyl/N-ethyl adjacent to an activating group) is 1. The Morgan fingerprint density at radius 1 is 1.33 bits per heavy atom. The van der Waals surface area contributed by atoms with E-state index in [4.69, 9.17) is 4.74 Å². The Morgan fingerprint density at radius 2 is 1.94 bits per heavy atom. The summed E-state index contributed by atoms with van der Waals surface area (Å²) >= 11 is 0. The zero-order valence-electron chi connectivity index (χ0n) is 10.6. The number of benzene rings is 1. The minimum Gasteiger partial charge on any atom is -0.410 e. The summed E-state index contributed by atoms with van der Waals surface area (Å²) in [5, 5.41) is 10.2. The Hall–Kier alpha value is -1.55. The SMILES string of the molecule is CN(CC1(O)CCCC1)C(=O)Oc1ccccc1. The maximum Gasteiger partial charge on any atom is 0.415 e. The molecule has 0 atom stereocenters. The fourth-order valence-corrected chi connectivity index (χ4v) is 2.36. The van der Waals surface area contributed by atoms with Gasteiger partial charge in [0.05, 0.1) is 12.1 Å². The van der Waals surface area contributed by atoms with Crippen LogP contribution < -0.4 is 4.74 Å². The third-order valence-corrected chi connectivity index (χ3v) is 3.33. The zero-order valence-corrected chi connectivity index (χ0v) is 10.6. The van der Waals surface area contributed by atoms with Crippen LogP contribution in [-0.2, 0) is 0 Å². The molecule has 1 amide bonds. The Labute approximate surface area is 107 Å². The maximum atomic E-state index is 11.8. The average molecular weight is 249 g/mol. The lowest BCUT2D eigenvalue weighted by Gasteiger charge is -2.27. The largest absolute Gasteiger partial charge is 0.415 e. The highest BCUT2D eigenvalue weighted by atomic mass is 16.6. The lowest BCUT2D eigenvalue weighted by atomic mass is 10.0. The number of aliphatic hydroxyl groups is 1. The first-order valence-electron chi connectivity index (χ1n) is 6.29. The van der Waals surface area contributed by atoms with Gasteiger partial charge in [-0.05, 0) is 25.0 Å². The number of nitrogens with zero attached hydrogens (tertiary/aromatic N) is 1. The lowest BCUT2D eigenvalue weighted by Crippen LogP contribution is -2.43. The van der Waals surface area contributed by atoms with E-state index in [1.807, 2.05) is 18.2 Å². The molecule has 0 heterocycles. The van der Waals surface area contributed by atoms with Crippen molar-refractivity contribution in [3.63, 3.8) is 0 Å². The van der Waals surface area contributed by atoms with Gasteiger partial charge in [-0.25, -0.2) is 4.79 Å². The summed E-state index contributed by atoms with van der Waals surface area (Å²) in [6.07, 6.45) is 3.14. The van der Waals surface area contributed by atoms with E-state index in [2.05, 4.69) is 0 Å². The molecule has 1 N–H and O–H groups in total. The van der Waals surface area contributed by atoms with Crippen LogP contribution in [0.4, 0.5) is 4.79 Å². The molecule has 0 radical (unpaired) electrons. The Balaban J connectivity index is 1.89. The minimum atomic E-state index is -0.732. The van der Waals surface area contributed by atoms with Gasteiger partial charge in [0.1, 0.15) is 5.75 Å². The topological polar surface area (TPSA) is 49.8 Å². The second kappa shape index (κ2) is 5.40. The summed E-state index contributed by atoms with van der Waals surface area (Å²) < 4.78 is 5.21. The number of rotatable bonds is 3. The fourth-order valence-electron chi connectivity index (χ4n) is 2.36. The van der Waals surface area contributed by atoms with E-state index in [1.165, 1.54) is 4.90 Å². The van der Waals surface area contributed by atoms with Gasteiger partial charge in [-0.15, -0.1) is 0 Å². The molecular weight excluding hydrogens is 230 g/mol. The molecule has 4 heteroatoms. The first-order chi connectivity index (χ1) is 8.59. The predicted octanol–water partition coefficient (Wildman–Crippen LogP) is 2.42. The van der Waals surface area contributed by atoms with Crippen molar-refractivity contribution in [1.29, 1.82) is 0 Å². The van der Waals surface area contributed by atoms with E-state index in [1.54, 1.807) is 19.2 Å². The molecule has 0 bridgehead atoms.